The summed E-state index contributed by atoms with van der Waals surface area (Å²) in [6.07, 6.45) is 0.936. The van der Waals surface area contributed by atoms with Crippen LogP contribution in [-0.4, -0.2) is 53.0 Å². The first-order valence-corrected chi connectivity index (χ1v) is 8.58. The second kappa shape index (κ2) is 11.0. The maximum Gasteiger partial charge on any atom is 0.191 e. The van der Waals surface area contributed by atoms with Gasteiger partial charge in [0, 0.05) is 39.3 Å². The quantitative estimate of drug-likeness (QED) is 0.392. The fraction of sp³-hybridized carbons (Fsp3) is 0.632. The van der Waals surface area contributed by atoms with Crippen LogP contribution in [0.2, 0.25) is 0 Å². The van der Waals surface area contributed by atoms with Gasteiger partial charge in [0.1, 0.15) is 0 Å². The minimum Gasteiger partial charge on any atom is -0.382 e. The molecule has 0 spiro atoms. The zero-order chi connectivity index (χ0) is 17.8. The average molecular weight is 335 g/mol. The second-order valence-electron chi connectivity index (χ2n) is 6.56. The number of methoxy groups -OCH3 is 1. The van der Waals surface area contributed by atoms with E-state index in [1.54, 1.807) is 14.2 Å². The molecule has 0 unspecified atom stereocenters. The van der Waals surface area contributed by atoms with Gasteiger partial charge in [0.15, 0.2) is 5.96 Å². The van der Waals surface area contributed by atoms with Crippen LogP contribution in [-0.2, 0) is 14.9 Å². The minimum atomic E-state index is 0.0346. The lowest BCUT2D eigenvalue weighted by atomic mass is 9.84. The summed E-state index contributed by atoms with van der Waals surface area (Å²) in [6.45, 7) is 10.3. The highest BCUT2D eigenvalue weighted by Gasteiger charge is 2.20. The lowest BCUT2D eigenvalue weighted by Gasteiger charge is -2.27. The number of hydrogen-bond acceptors (Lipinski definition) is 3. The van der Waals surface area contributed by atoms with Gasteiger partial charge in [0.05, 0.1) is 13.2 Å². The third kappa shape index (κ3) is 7.79. The van der Waals surface area contributed by atoms with E-state index in [2.05, 4.69) is 60.7 Å². The Balaban J connectivity index is 2.33. The van der Waals surface area contributed by atoms with Gasteiger partial charge in [-0.15, -0.1) is 0 Å². The minimum absolute atomic E-state index is 0.0346. The molecule has 0 fully saturated rings. The molecule has 1 rings (SSSR count). The van der Waals surface area contributed by atoms with Gasteiger partial charge in [0.2, 0.25) is 0 Å². The lowest BCUT2D eigenvalue weighted by molar-refractivity contribution is 0.0698. The van der Waals surface area contributed by atoms with Crippen LogP contribution >= 0.6 is 0 Å². The van der Waals surface area contributed by atoms with Gasteiger partial charge >= 0.3 is 0 Å². The molecular weight excluding hydrogens is 302 g/mol. The molecule has 2 N–H and O–H groups in total. The summed E-state index contributed by atoms with van der Waals surface area (Å²) in [7, 11) is 3.48. The standard InChI is InChI=1S/C19H33N3O2/c1-16-8-6-9-17(14-16)19(2,3)15-22-18(20-4)21-10-7-11-24-13-12-23-5/h6,8-9,14H,7,10-13,15H2,1-5H3,(H2,20,21,22). The molecule has 0 aliphatic heterocycles. The van der Waals surface area contributed by atoms with E-state index in [0.29, 0.717) is 13.2 Å². The molecule has 0 radical (unpaired) electrons. The van der Waals surface area contributed by atoms with Crippen LogP contribution in [0.3, 0.4) is 0 Å². The van der Waals surface area contributed by atoms with Crippen LogP contribution in [0.25, 0.3) is 0 Å². The number of aliphatic imine (C=N–C) groups is 1. The second-order valence-corrected chi connectivity index (χ2v) is 6.56. The van der Waals surface area contributed by atoms with Gasteiger partial charge in [-0.3, -0.25) is 4.99 Å². The predicted octanol–water partition coefficient (Wildman–Crippen LogP) is 2.49. The molecule has 5 nitrogen and oxygen atoms in total. The third-order valence-electron chi connectivity index (χ3n) is 3.91. The van der Waals surface area contributed by atoms with Crippen LogP contribution in [0.1, 0.15) is 31.4 Å². The Labute approximate surface area is 146 Å². The van der Waals surface area contributed by atoms with E-state index >= 15 is 0 Å². The molecule has 136 valence electrons. The topological polar surface area (TPSA) is 54.9 Å². The maximum atomic E-state index is 5.45. The van der Waals surface area contributed by atoms with Crippen molar-refractivity contribution < 1.29 is 9.47 Å². The summed E-state index contributed by atoms with van der Waals surface area (Å²) < 4.78 is 10.4. The summed E-state index contributed by atoms with van der Waals surface area (Å²) in [4.78, 5) is 4.28. The first-order valence-electron chi connectivity index (χ1n) is 8.58. The van der Waals surface area contributed by atoms with Gasteiger partial charge in [-0.1, -0.05) is 43.7 Å². The van der Waals surface area contributed by atoms with Gasteiger partial charge in [-0.25, -0.2) is 0 Å². The predicted molar refractivity (Wildman–Crippen MR) is 101 cm³/mol. The zero-order valence-electron chi connectivity index (χ0n) is 15.8. The molecule has 1 aromatic rings. The van der Waals surface area contributed by atoms with Crippen LogP contribution in [0.15, 0.2) is 29.3 Å². The van der Waals surface area contributed by atoms with E-state index in [0.717, 1.165) is 32.1 Å². The van der Waals surface area contributed by atoms with Crippen molar-refractivity contribution in [2.24, 2.45) is 4.99 Å². The van der Waals surface area contributed by atoms with Crippen LogP contribution < -0.4 is 10.6 Å². The average Bonchev–Trinajstić information content (AvgIpc) is 2.56. The Morgan fingerprint density at radius 1 is 1.17 bits per heavy atom. The van der Waals surface area contributed by atoms with Crippen LogP contribution in [0.5, 0.6) is 0 Å². The van der Waals surface area contributed by atoms with Crippen LogP contribution in [0, 0.1) is 6.92 Å². The first kappa shape index (κ1) is 20.5. The van der Waals surface area contributed by atoms with Gasteiger partial charge in [-0.2, -0.15) is 0 Å². The van der Waals surface area contributed by atoms with Crippen molar-refractivity contribution in [1.82, 2.24) is 10.6 Å². The molecule has 0 amide bonds. The first-order chi connectivity index (χ1) is 11.5. The smallest absolute Gasteiger partial charge is 0.191 e. The SMILES string of the molecule is CN=C(NCCCOCCOC)NCC(C)(C)c1cccc(C)c1. The van der Waals surface area contributed by atoms with E-state index in [4.69, 9.17) is 9.47 Å². The maximum absolute atomic E-state index is 5.45. The molecule has 24 heavy (non-hydrogen) atoms. The molecule has 0 heterocycles. The molecule has 0 aliphatic rings. The molecule has 5 heteroatoms. The highest BCUT2D eigenvalue weighted by Crippen LogP contribution is 2.22. The number of nitrogens with one attached hydrogen (secondary N) is 2. The Kier molecular flexibility index (Phi) is 9.42. The molecule has 0 saturated carbocycles. The number of aryl methyl sites for hydroxylation is 1. The third-order valence-corrected chi connectivity index (χ3v) is 3.91. The number of benzene rings is 1. The fourth-order valence-electron chi connectivity index (χ4n) is 2.32. The molecular formula is C19H33N3O2. The van der Waals surface area contributed by atoms with E-state index in [1.807, 2.05) is 0 Å². The zero-order valence-corrected chi connectivity index (χ0v) is 15.8. The van der Waals surface area contributed by atoms with E-state index in [1.165, 1.54) is 11.1 Å². The number of rotatable bonds is 10. The van der Waals surface area contributed by atoms with E-state index < -0.39 is 0 Å². The molecule has 0 bridgehead atoms. The Morgan fingerprint density at radius 2 is 1.96 bits per heavy atom. The summed E-state index contributed by atoms with van der Waals surface area (Å²) in [5.74, 6) is 0.826. The van der Waals surface area contributed by atoms with Crippen LogP contribution in [0.4, 0.5) is 0 Å². The van der Waals surface area contributed by atoms with Crippen molar-refractivity contribution in [2.45, 2.75) is 32.6 Å². The highest BCUT2D eigenvalue weighted by molar-refractivity contribution is 5.79. The largest absolute Gasteiger partial charge is 0.382 e. The number of guanidine groups is 1. The molecule has 0 aromatic heterocycles. The number of nitrogens with zero attached hydrogens (tertiary/aromatic N) is 1. The normalized spacial score (nSPS) is 12.3. The Hall–Kier alpha value is -1.59. The van der Waals surface area contributed by atoms with E-state index in [-0.39, 0.29) is 5.41 Å². The fourth-order valence-corrected chi connectivity index (χ4v) is 2.32. The Morgan fingerprint density at radius 3 is 2.62 bits per heavy atom. The van der Waals surface area contributed by atoms with Crippen molar-refractivity contribution in [2.75, 3.05) is 47.1 Å². The van der Waals surface area contributed by atoms with Gasteiger partial charge < -0.3 is 20.1 Å². The van der Waals surface area contributed by atoms with Crippen molar-refractivity contribution in [1.29, 1.82) is 0 Å². The Bertz CT molecular complexity index is 501. The molecule has 1 aromatic carbocycles. The van der Waals surface area contributed by atoms with Gasteiger partial charge in [-0.05, 0) is 18.9 Å². The van der Waals surface area contributed by atoms with Gasteiger partial charge in [0.25, 0.3) is 0 Å². The monoisotopic (exact) mass is 335 g/mol. The lowest BCUT2D eigenvalue weighted by Crippen LogP contribution is -2.43. The van der Waals surface area contributed by atoms with Crippen molar-refractivity contribution in [3.05, 3.63) is 35.4 Å². The summed E-state index contributed by atoms with van der Waals surface area (Å²) >= 11 is 0. The molecule has 0 aliphatic carbocycles. The van der Waals surface area contributed by atoms with E-state index in [9.17, 15) is 0 Å². The van der Waals surface area contributed by atoms with Crippen molar-refractivity contribution in [3.8, 4) is 0 Å². The number of ether oxygens (including phenoxy) is 2. The number of hydrogen-bond donors (Lipinski definition) is 2. The highest BCUT2D eigenvalue weighted by atomic mass is 16.5. The summed E-state index contributed by atoms with van der Waals surface area (Å²) in [5, 5.41) is 6.74. The molecule has 0 atom stereocenters. The summed E-state index contributed by atoms with van der Waals surface area (Å²) in [5.41, 5.74) is 2.65. The molecule has 0 saturated heterocycles. The van der Waals surface area contributed by atoms with Crippen molar-refractivity contribution >= 4 is 5.96 Å². The summed E-state index contributed by atoms with van der Waals surface area (Å²) in [6, 6.07) is 8.67. The van der Waals surface area contributed by atoms with Crippen molar-refractivity contribution in [3.63, 3.8) is 0 Å².